The van der Waals surface area contributed by atoms with Crippen molar-refractivity contribution in [2.24, 2.45) is 0 Å². The molecule has 7 heteroatoms. The molecule has 1 saturated heterocycles. The smallest absolute Gasteiger partial charge is 0.295 e. The zero-order valence-electron chi connectivity index (χ0n) is 13.1. The van der Waals surface area contributed by atoms with Crippen molar-refractivity contribution in [3.05, 3.63) is 0 Å². The van der Waals surface area contributed by atoms with Crippen LogP contribution in [-0.4, -0.2) is 42.6 Å². The summed E-state index contributed by atoms with van der Waals surface area (Å²) in [5.41, 5.74) is -2.22. The molecule has 0 aromatic carbocycles. The van der Waals surface area contributed by atoms with E-state index in [0.29, 0.717) is 32.4 Å². The second kappa shape index (κ2) is 7.19. The third-order valence-corrected chi connectivity index (χ3v) is 4.69. The molecule has 0 bridgehead atoms. The Bertz CT molecular complexity index is 425. The fourth-order valence-corrected chi connectivity index (χ4v) is 3.32. The molecule has 1 aliphatic carbocycles. The predicted octanol–water partition coefficient (Wildman–Crippen LogP) is 0.194. The van der Waals surface area contributed by atoms with Gasteiger partial charge in [-0.05, 0) is 39.2 Å². The Morgan fingerprint density at radius 1 is 1.14 bits per heavy atom. The number of carbonyl (C=O) groups excluding carboxylic acids is 3. The Morgan fingerprint density at radius 3 is 2.50 bits per heavy atom. The maximum Gasteiger partial charge on any atom is 0.295 e. The van der Waals surface area contributed by atoms with E-state index in [1.807, 2.05) is 0 Å². The second-order valence-corrected chi connectivity index (χ2v) is 6.14. The maximum absolute atomic E-state index is 12.8. The molecule has 2 rings (SSSR count). The van der Waals surface area contributed by atoms with Gasteiger partial charge in [0.05, 0.1) is 0 Å². The molecule has 0 radical (unpaired) electrons. The molecule has 1 atom stereocenters. The number of hydrogen-bond donors (Lipinski definition) is 3. The van der Waals surface area contributed by atoms with E-state index >= 15 is 0 Å². The first-order valence-electron chi connectivity index (χ1n) is 7.96. The molecule has 1 amide bonds. The summed E-state index contributed by atoms with van der Waals surface area (Å²) in [6.45, 7) is 2.96. The zero-order chi connectivity index (χ0) is 16.1. The van der Waals surface area contributed by atoms with Crippen molar-refractivity contribution in [1.29, 1.82) is 0 Å². The van der Waals surface area contributed by atoms with Crippen molar-refractivity contribution in [1.82, 2.24) is 16.0 Å². The first-order valence-corrected chi connectivity index (χ1v) is 7.96. The van der Waals surface area contributed by atoms with E-state index in [1.165, 1.54) is 6.92 Å². The monoisotopic (exact) mass is 311 g/mol. The van der Waals surface area contributed by atoms with Crippen LogP contribution in [0.3, 0.4) is 0 Å². The third kappa shape index (κ3) is 3.47. The van der Waals surface area contributed by atoms with E-state index in [4.69, 9.17) is 4.74 Å². The van der Waals surface area contributed by atoms with E-state index in [0.717, 1.165) is 32.2 Å². The summed E-state index contributed by atoms with van der Waals surface area (Å²) in [7, 11) is 0. The minimum atomic E-state index is -1.25. The molecule has 1 aliphatic heterocycles. The normalized spacial score (nSPS) is 28.2. The number of ether oxygens (including phenoxy) is 1. The largest absolute Gasteiger partial charge is 0.441 e. The van der Waals surface area contributed by atoms with Gasteiger partial charge in [0, 0.05) is 19.5 Å². The van der Waals surface area contributed by atoms with Crippen molar-refractivity contribution in [2.75, 3.05) is 13.2 Å². The van der Waals surface area contributed by atoms with Crippen LogP contribution in [0.1, 0.15) is 51.9 Å². The van der Waals surface area contributed by atoms with E-state index in [2.05, 4.69) is 16.0 Å². The van der Waals surface area contributed by atoms with Crippen LogP contribution in [0.5, 0.6) is 0 Å². The van der Waals surface area contributed by atoms with Gasteiger partial charge in [-0.1, -0.05) is 6.42 Å². The Balaban J connectivity index is 2.18. The molecular weight excluding hydrogens is 286 g/mol. The van der Waals surface area contributed by atoms with Gasteiger partial charge >= 0.3 is 0 Å². The van der Waals surface area contributed by atoms with Crippen molar-refractivity contribution < 1.29 is 19.1 Å². The lowest BCUT2D eigenvalue weighted by atomic mass is 9.86. The lowest BCUT2D eigenvalue weighted by molar-refractivity contribution is -0.158. The molecule has 1 heterocycles. The van der Waals surface area contributed by atoms with E-state index < -0.39 is 17.2 Å². The Kier molecular flexibility index (Phi) is 5.52. The first kappa shape index (κ1) is 16.9. The van der Waals surface area contributed by atoms with E-state index in [9.17, 15) is 14.4 Å². The number of hydrogen-bond acceptors (Lipinski definition) is 6. The molecule has 22 heavy (non-hydrogen) atoms. The topological polar surface area (TPSA) is 96.5 Å². The fourth-order valence-electron chi connectivity index (χ4n) is 3.32. The SMILES string of the molecule is CC(=O)C1(C(=O)NC2(OC=O)CCCCC2)CCCNCN1. The van der Waals surface area contributed by atoms with E-state index in [-0.39, 0.29) is 5.78 Å². The van der Waals surface area contributed by atoms with Crippen LogP contribution in [0, 0.1) is 0 Å². The molecule has 1 saturated carbocycles. The average Bonchev–Trinajstić information content (AvgIpc) is 2.75. The van der Waals surface area contributed by atoms with Gasteiger partial charge < -0.3 is 15.4 Å². The molecular formula is C15H25N3O4. The molecule has 0 aromatic rings. The fraction of sp³-hybridized carbons (Fsp3) is 0.800. The summed E-state index contributed by atoms with van der Waals surface area (Å²) in [5.74, 6) is -0.613. The third-order valence-electron chi connectivity index (χ3n) is 4.69. The van der Waals surface area contributed by atoms with E-state index in [1.54, 1.807) is 0 Å². The highest BCUT2D eigenvalue weighted by molar-refractivity contribution is 6.10. The zero-order valence-corrected chi connectivity index (χ0v) is 13.1. The standard InChI is InChI=1S/C15H25N3O4/c1-12(20)15(8-5-9-16-10-17-15)13(21)18-14(22-11-19)6-3-2-4-7-14/h11,16-17H,2-10H2,1H3,(H,18,21). The summed E-state index contributed by atoms with van der Waals surface area (Å²) in [6, 6.07) is 0. The van der Waals surface area contributed by atoms with Crippen LogP contribution in [0.4, 0.5) is 0 Å². The van der Waals surface area contributed by atoms with Gasteiger partial charge in [0.25, 0.3) is 12.4 Å². The van der Waals surface area contributed by atoms with Gasteiger partial charge in [0.2, 0.25) is 0 Å². The summed E-state index contributed by atoms with van der Waals surface area (Å²) >= 11 is 0. The lowest BCUT2D eigenvalue weighted by Gasteiger charge is -2.39. The van der Waals surface area contributed by atoms with Gasteiger partial charge in [0.1, 0.15) is 0 Å². The summed E-state index contributed by atoms with van der Waals surface area (Å²) in [6.07, 6.45) is 5.15. The van der Waals surface area contributed by atoms with Crippen molar-refractivity contribution in [3.8, 4) is 0 Å². The Morgan fingerprint density at radius 2 is 1.86 bits per heavy atom. The Hall–Kier alpha value is -1.47. The number of carbonyl (C=O) groups is 3. The number of amides is 1. The Labute approximate surface area is 130 Å². The van der Waals surface area contributed by atoms with Gasteiger partial charge in [-0.15, -0.1) is 0 Å². The van der Waals surface area contributed by atoms with Crippen molar-refractivity contribution in [3.63, 3.8) is 0 Å². The molecule has 0 aromatic heterocycles. The summed E-state index contributed by atoms with van der Waals surface area (Å²) in [4.78, 5) is 35.8. The van der Waals surface area contributed by atoms with Gasteiger partial charge in [0.15, 0.2) is 17.0 Å². The number of nitrogens with one attached hydrogen (secondary N) is 3. The highest BCUT2D eigenvalue weighted by atomic mass is 16.6. The van der Waals surface area contributed by atoms with Crippen LogP contribution in [-0.2, 0) is 19.1 Å². The van der Waals surface area contributed by atoms with Crippen LogP contribution >= 0.6 is 0 Å². The van der Waals surface area contributed by atoms with Gasteiger partial charge in [-0.2, -0.15) is 0 Å². The summed E-state index contributed by atoms with van der Waals surface area (Å²) < 4.78 is 5.22. The molecule has 0 spiro atoms. The molecule has 124 valence electrons. The molecule has 7 nitrogen and oxygen atoms in total. The quantitative estimate of drug-likeness (QED) is 0.381. The number of Topliss-reactive ketones (excluding diaryl/α,β-unsaturated/α-hetero) is 1. The average molecular weight is 311 g/mol. The second-order valence-electron chi connectivity index (χ2n) is 6.14. The first-order chi connectivity index (χ1) is 10.5. The number of ketones is 1. The number of rotatable bonds is 5. The predicted molar refractivity (Wildman–Crippen MR) is 79.8 cm³/mol. The highest BCUT2D eigenvalue weighted by Gasteiger charge is 2.47. The molecule has 3 N–H and O–H groups in total. The molecule has 2 fully saturated rings. The van der Waals surface area contributed by atoms with Gasteiger partial charge in [-0.25, -0.2) is 0 Å². The minimum absolute atomic E-state index is 0.217. The maximum atomic E-state index is 12.8. The van der Waals surface area contributed by atoms with Crippen molar-refractivity contribution >= 4 is 18.2 Å². The van der Waals surface area contributed by atoms with Crippen LogP contribution in [0.2, 0.25) is 0 Å². The lowest BCUT2D eigenvalue weighted by Crippen LogP contribution is -2.66. The van der Waals surface area contributed by atoms with Crippen molar-refractivity contribution in [2.45, 2.75) is 63.1 Å². The summed E-state index contributed by atoms with van der Waals surface area (Å²) in [5, 5.41) is 9.00. The minimum Gasteiger partial charge on any atom is -0.441 e. The highest BCUT2D eigenvalue weighted by Crippen LogP contribution is 2.30. The van der Waals surface area contributed by atoms with Gasteiger partial charge in [-0.3, -0.25) is 19.7 Å². The van der Waals surface area contributed by atoms with Crippen LogP contribution in [0.25, 0.3) is 0 Å². The van der Waals surface area contributed by atoms with Crippen LogP contribution < -0.4 is 16.0 Å². The van der Waals surface area contributed by atoms with Crippen LogP contribution in [0.15, 0.2) is 0 Å². The molecule has 1 unspecified atom stereocenters. The molecule has 2 aliphatic rings.